The molecule has 0 aliphatic heterocycles. The van der Waals surface area contributed by atoms with E-state index in [1.807, 2.05) is 24.3 Å². The van der Waals surface area contributed by atoms with Gasteiger partial charge in [0.05, 0.1) is 12.8 Å². The summed E-state index contributed by atoms with van der Waals surface area (Å²) in [6.45, 7) is 0. The summed E-state index contributed by atoms with van der Waals surface area (Å²) in [5.74, 6) is 0.809. The molecule has 4 nitrogen and oxygen atoms in total. The fourth-order valence-electron chi connectivity index (χ4n) is 1.73. The maximum atomic E-state index is 6.13. The molecule has 0 amide bonds. The Morgan fingerprint density at radius 2 is 2.06 bits per heavy atom. The van der Waals surface area contributed by atoms with Gasteiger partial charge in [0.1, 0.15) is 17.1 Å². The smallest absolute Gasteiger partial charge is 0.158 e. The zero-order valence-corrected chi connectivity index (χ0v) is 10.3. The Morgan fingerprint density at radius 1 is 1.28 bits per heavy atom. The highest BCUT2D eigenvalue weighted by atomic mass is 35.5. The number of halogens is 1. The van der Waals surface area contributed by atoms with Gasteiger partial charge in [-0.2, -0.15) is 5.10 Å². The third kappa shape index (κ3) is 1.80. The zero-order valence-electron chi connectivity index (χ0n) is 9.59. The minimum atomic E-state index is 0.507. The van der Waals surface area contributed by atoms with E-state index in [4.69, 9.17) is 16.3 Å². The van der Waals surface area contributed by atoms with Crippen LogP contribution in [0.2, 0.25) is 5.15 Å². The number of hydrogen-bond donors (Lipinski definition) is 0. The van der Waals surface area contributed by atoms with E-state index in [0.717, 1.165) is 17.0 Å². The Kier molecular flexibility index (Phi) is 2.64. The quantitative estimate of drug-likeness (QED) is 0.664. The molecule has 0 aliphatic rings. The van der Waals surface area contributed by atoms with E-state index >= 15 is 0 Å². The molecule has 0 atom stereocenters. The lowest BCUT2D eigenvalue weighted by Crippen LogP contribution is -1.94. The summed E-state index contributed by atoms with van der Waals surface area (Å²) >= 11 is 6.13. The minimum Gasteiger partial charge on any atom is -0.497 e. The molecular formula is C13H9ClN3O. The van der Waals surface area contributed by atoms with Gasteiger partial charge in [0.25, 0.3) is 0 Å². The first kappa shape index (κ1) is 11.0. The summed E-state index contributed by atoms with van der Waals surface area (Å²) in [5.41, 5.74) is 2.44. The second-order valence-electron chi connectivity index (χ2n) is 3.74. The Hall–Kier alpha value is -2.07. The summed E-state index contributed by atoms with van der Waals surface area (Å²) in [6.07, 6.45) is 2.72. The van der Waals surface area contributed by atoms with Crippen LogP contribution in [0.25, 0.3) is 16.9 Å². The van der Waals surface area contributed by atoms with Crippen molar-refractivity contribution in [1.82, 2.24) is 14.6 Å². The van der Waals surface area contributed by atoms with Crippen LogP contribution >= 0.6 is 11.6 Å². The number of ether oxygens (including phenoxy) is 1. The molecule has 2 aromatic heterocycles. The number of rotatable bonds is 2. The zero-order chi connectivity index (χ0) is 12.5. The van der Waals surface area contributed by atoms with Gasteiger partial charge in [-0.3, -0.25) is 0 Å². The maximum Gasteiger partial charge on any atom is 0.158 e. The van der Waals surface area contributed by atoms with E-state index in [2.05, 4.69) is 16.3 Å². The van der Waals surface area contributed by atoms with Crippen LogP contribution in [0.15, 0.2) is 36.4 Å². The van der Waals surface area contributed by atoms with Gasteiger partial charge in [-0.15, -0.1) is 0 Å². The van der Waals surface area contributed by atoms with Gasteiger partial charge in [0.15, 0.2) is 5.65 Å². The molecule has 3 rings (SSSR count). The Morgan fingerprint density at radius 3 is 2.78 bits per heavy atom. The molecule has 0 fully saturated rings. The predicted molar refractivity (Wildman–Crippen MR) is 68.8 cm³/mol. The lowest BCUT2D eigenvalue weighted by molar-refractivity contribution is 0.415. The number of aromatic nitrogens is 3. The van der Waals surface area contributed by atoms with Crippen molar-refractivity contribution in [2.45, 2.75) is 0 Å². The third-order valence-electron chi connectivity index (χ3n) is 2.65. The highest BCUT2D eigenvalue weighted by molar-refractivity contribution is 6.30. The fraction of sp³-hybridized carbons (Fsp3) is 0.0769. The fourth-order valence-corrected chi connectivity index (χ4v) is 1.96. The van der Waals surface area contributed by atoms with Crippen molar-refractivity contribution >= 4 is 17.2 Å². The van der Waals surface area contributed by atoms with E-state index in [9.17, 15) is 0 Å². The Balaban J connectivity index is 2.12. The van der Waals surface area contributed by atoms with E-state index in [1.165, 1.54) is 4.52 Å². The van der Waals surface area contributed by atoms with Crippen LogP contribution in [-0.2, 0) is 0 Å². The summed E-state index contributed by atoms with van der Waals surface area (Å²) in [7, 11) is 1.64. The van der Waals surface area contributed by atoms with Gasteiger partial charge in [0, 0.05) is 17.7 Å². The minimum absolute atomic E-state index is 0.507. The van der Waals surface area contributed by atoms with Gasteiger partial charge in [-0.25, -0.2) is 9.50 Å². The maximum absolute atomic E-state index is 6.13. The van der Waals surface area contributed by atoms with Crippen LogP contribution in [0.1, 0.15) is 0 Å². The Bertz CT molecular complexity index is 691. The van der Waals surface area contributed by atoms with Crippen molar-refractivity contribution in [2.75, 3.05) is 7.11 Å². The molecule has 0 saturated heterocycles. The molecule has 0 unspecified atom stereocenters. The van der Waals surface area contributed by atoms with Gasteiger partial charge in [0.2, 0.25) is 0 Å². The highest BCUT2D eigenvalue weighted by Gasteiger charge is 2.06. The summed E-state index contributed by atoms with van der Waals surface area (Å²) in [5, 5.41) is 4.46. The van der Waals surface area contributed by atoms with Crippen molar-refractivity contribution < 1.29 is 4.74 Å². The number of methoxy groups -OCH3 is 1. The van der Waals surface area contributed by atoms with Gasteiger partial charge in [-0.05, 0) is 24.3 Å². The number of fused-ring (bicyclic) bond motifs is 1. The van der Waals surface area contributed by atoms with Gasteiger partial charge < -0.3 is 4.74 Å². The molecule has 0 saturated carbocycles. The molecule has 1 radical (unpaired) electrons. The molecule has 0 spiro atoms. The monoisotopic (exact) mass is 258 g/mol. The lowest BCUT2D eigenvalue weighted by atomic mass is 10.1. The second-order valence-corrected chi connectivity index (χ2v) is 4.12. The molecule has 0 aliphatic carbocycles. The average Bonchev–Trinajstić information content (AvgIpc) is 2.88. The van der Waals surface area contributed by atoms with Crippen LogP contribution in [0.4, 0.5) is 0 Å². The van der Waals surface area contributed by atoms with Crippen LogP contribution in [0.3, 0.4) is 0 Å². The second kappa shape index (κ2) is 4.31. The highest BCUT2D eigenvalue weighted by Crippen LogP contribution is 2.23. The molecule has 0 bridgehead atoms. The van der Waals surface area contributed by atoms with Crippen LogP contribution in [0.5, 0.6) is 5.75 Å². The largest absolute Gasteiger partial charge is 0.497 e. The van der Waals surface area contributed by atoms with E-state index in [1.54, 1.807) is 19.2 Å². The van der Waals surface area contributed by atoms with Crippen molar-refractivity contribution in [2.24, 2.45) is 0 Å². The van der Waals surface area contributed by atoms with Gasteiger partial charge in [-0.1, -0.05) is 11.6 Å². The standard InChI is InChI=1S/C13H9ClN3O/c1-18-10-4-2-9(3-5-10)11-8-12(14)17-13(16-11)6-7-15-17/h2-6,8H,1H3. The first-order chi connectivity index (χ1) is 8.78. The molecule has 89 valence electrons. The topological polar surface area (TPSA) is 39.4 Å². The third-order valence-corrected chi connectivity index (χ3v) is 2.92. The summed E-state index contributed by atoms with van der Waals surface area (Å²) in [4.78, 5) is 4.47. The molecule has 5 heteroatoms. The molecule has 18 heavy (non-hydrogen) atoms. The molecule has 0 N–H and O–H groups in total. The number of hydrogen-bond acceptors (Lipinski definition) is 3. The van der Waals surface area contributed by atoms with Crippen molar-refractivity contribution in [3.8, 4) is 17.0 Å². The lowest BCUT2D eigenvalue weighted by Gasteiger charge is -2.05. The van der Waals surface area contributed by atoms with Crippen molar-refractivity contribution in [1.29, 1.82) is 0 Å². The molecule has 1 aromatic carbocycles. The van der Waals surface area contributed by atoms with Gasteiger partial charge >= 0.3 is 0 Å². The normalized spacial score (nSPS) is 10.8. The Labute approximate surface area is 109 Å². The number of benzene rings is 1. The summed E-state index contributed by atoms with van der Waals surface area (Å²) < 4.78 is 6.66. The van der Waals surface area contributed by atoms with Crippen molar-refractivity contribution in [3.63, 3.8) is 0 Å². The van der Waals surface area contributed by atoms with Crippen LogP contribution in [-0.4, -0.2) is 21.7 Å². The number of nitrogens with zero attached hydrogens (tertiary/aromatic N) is 3. The first-order valence-corrected chi connectivity index (χ1v) is 5.72. The van der Waals surface area contributed by atoms with Crippen LogP contribution in [0, 0.1) is 6.20 Å². The first-order valence-electron chi connectivity index (χ1n) is 5.35. The van der Waals surface area contributed by atoms with E-state index in [0.29, 0.717) is 10.8 Å². The predicted octanol–water partition coefficient (Wildman–Crippen LogP) is 2.86. The van der Waals surface area contributed by atoms with E-state index < -0.39 is 0 Å². The summed E-state index contributed by atoms with van der Waals surface area (Å²) in [6, 6.07) is 11.1. The molecule has 2 heterocycles. The average molecular weight is 259 g/mol. The SMILES string of the molecule is COc1ccc(-c2cc(Cl)n3n[c]cc3n2)cc1. The van der Waals surface area contributed by atoms with Crippen LogP contribution < -0.4 is 4.74 Å². The molecular weight excluding hydrogens is 250 g/mol. The van der Waals surface area contributed by atoms with E-state index in [-0.39, 0.29) is 0 Å². The van der Waals surface area contributed by atoms with Crippen molar-refractivity contribution in [3.05, 3.63) is 47.7 Å². The molecule has 3 aromatic rings.